The van der Waals surface area contributed by atoms with E-state index in [1.165, 1.54) is 4.68 Å². The zero-order valence-electron chi connectivity index (χ0n) is 10.4. The van der Waals surface area contributed by atoms with Crippen LogP contribution in [0.5, 0.6) is 0 Å². The Morgan fingerprint density at radius 1 is 1.65 bits per heavy atom. The molecule has 0 aliphatic carbocycles. The van der Waals surface area contributed by atoms with Crippen LogP contribution in [0.4, 0.5) is 0 Å². The van der Waals surface area contributed by atoms with Crippen molar-refractivity contribution in [3.63, 3.8) is 0 Å². The lowest BCUT2D eigenvalue weighted by molar-refractivity contribution is 0.0436. The maximum Gasteiger partial charge on any atom is 0.360 e. The van der Waals surface area contributed by atoms with Crippen molar-refractivity contribution in [2.24, 2.45) is 11.7 Å². The van der Waals surface area contributed by atoms with Crippen molar-refractivity contribution in [2.45, 2.75) is 33.2 Å². The van der Waals surface area contributed by atoms with Crippen LogP contribution in [0.3, 0.4) is 0 Å². The van der Waals surface area contributed by atoms with E-state index in [9.17, 15) is 4.79 Å². The lowest BCUT2D eigenvalue weighted by Crippen LogP contribution is -2.12. The van der Waals surface area contributed by atoms with E-state index < -0.39 is 5.97 Å². The standard InChI is InChI=1S/C11H20N4O2/c1-3-4-9(2)8-17-11(16)10-7-15(6-5-12)14-13-10/h7,9H,3-6,8,12H2,1-2H3. The van der Waals surface area contributed by atoms with Crippen LogP contribution in [-0.2, 0) is 11.3 Å². The van der Waals surface area contributed by atoms with Gasteiger partial charge in [-0.1, -0.05) is 25.5 Å². The van der Waals surface area contributed by atoms with Gasteiger partial charge in [-0.15, -0.1) is 5.10 Å². The summed E-state index contributed by atoms with van der Waals surface area (Å²) < 4.78 is 6.68. The quantitative estimate of drug-likeness (QED) is 0.714. The summed E-state index contributed by atoms with van der Waals surface area (Å²) in [4.78, 5) is 11.6. The third kappa shape index (κ3) is 4.52. The average molecular weight is 240 g/mol. The third-order valence-electron chi connectivity index (χ3n) is 2.39. The fraction of sp³-hybridized carbons (Fsp3) is 0.727. The summed E-state index contributed by atoms with van der Waals surface area (Å²) in [5.41, 5.74) is 5.61. The largest absolute Gasteiger partial charge is 0.461 e. The van der Waals surface area contributed by atoms with Crippen molar-refractivity contribution in [1.29, 1.82) is 0 Å². The highest BCUT2D eigenvalue weighted by Gasteiger charge is 2.13. The predicted molar refractivity (Wildman–Crippen MR) is 63.4 cm³/mol. The molecule has 0 aliphatic rings. The molecule has 0 saturated carbocycles. The van der Waals surface area contributed by atoms with Crippen LogP contribution in [0.2, 0.25) is 0 Å². The first kappa shape index (κ1) is 13.6. The van der Waals surface area contributed by atoms with Crippen LogP contribution in [0.15, 0.2) is 6.20 Å². The first-order valence-electron chi connectivity index (χ1n) is 5.94. The Hall–Kier alpha value is -1.43. The third-order valence-corrected chi connectivity index (χ3v) is 2.39. The van der Waals surface area contributed by atoms with Crippen LogP contribution in [0.1, 0.15) is 37.2 Å². The van der Waals surface area contributed by atoms with E-state index >= 15 is 0 Å². The number of hydrogen-bond donors (Lipinski definition) is 1. The summed E-state index contributed by atoms with van der Waals surface area (Å²) in [6, 6.07) is 0. The van der Waals surface area contributed by atoms with Crippen molar-refractivity contribution < 1.29 is 9.53 Å². The Kier molecular flexibility index (Phi) is 5.62. The summed E-state index contributed by atoms with van der Waals surface area (Å²) in [6.07, 6.45) is 3.69. The van der Waals surface area contributed by atoms with E-state index in [1.54, 1.807) is 6.20 Å². The number of aromatic nitrogens is 3. The summed E-state index contributed by atoms with van der Waals surface area (Å²) in [5.74, 6) is -0.0424. The predicted octanol–water partition coefficient (Wildman–Crippen LogP) is 0.830. The molecule has 1 aromatic rings. The van der Waals surface area contributed by atoms with E-state index in [2.05, 4.69) is 24.2 Å². The molecule has 6 nitrogen and oxygen atoms in total. The molecule has 1 aromatic heterocycles. The fourth-order valence-corrected chi connectivity index (χ4v) is 1.50. The van der Waals surface area contributed by atoms with Crippen molar-refractivity contribution in [3.8, 4) is 0 Å². The summed E-state index contributed by atoms with van der Waals surface area (Å²) in [7, 11) is 0. The highest BCUT2D eigenvalue weighted by atomic mass is 16.5. The molecule has 0 aromatic carbocycles. The molecule has 6 heteroatoms. The van der Waals surface area contributed by atoms with Crippen LogP contribution < -0.4 is 5.73 Å². The summed E-state index contributed by atoms with van der Waals surface area (Å²) >= 11 is 0. The molecule has 0 bridgehead atoms. The minimum absolute atomic E-state index is 0.238. The minimum atomic E-state index is -0.420. The molecule has 0 aliphatic heterocycles. The Morgan fingerprint density at radius 2 is 2.41 bits per heavy atom. The molecule has 2 N–H and O–H groups in total. The van der Waals surface area contributed by atoms with Crippen molar-refractivity contribution in [1.82, 2.24) is 15.0 Å². The molecule has 1 rings (SSSR count). The second-order valence-corrected chi connectivity index (χ2v) is 4.15. The molecule has 1 heterocycles. The second-order valence-electron chi connectivity index (χ2n) is 4.15. The van der Waals surface area contributed by atoms with Gasteiger partial charge in [0.25, 0.3) is 0 Å². The van der Waals surface area contributed by atoms with E-state index in [0.717, 1.165) is 12.8 Å². The average Bonchev–Trinajstić information content (AvgIpc) is 2.75. The van der Waals surface area contributed by atoms with Gasteiger partial charge in [-0.3, -0.25) is 4.68 Å². The van der Waals surface area contributed by atoms with Gasteiger partial charge in [-0.25, -0.2) is 4.79 Å². The van der Waals surface area contributed by atoms with Gasteiger partial charge in [0.05, 0.1) is 19.3 Å². The molecule has 0 fully saturated rings. The van der Waals surface area contributed by atoms with Gasteiger partial charge in [-0.2, -0.15) is 0 Å². The van der Waals surface area contributed by atoms with Gasteiger partial charge in [0.1, 0.15) is 0 Å². The molecule has 96 valence electrons. The highest BCUT2D eigenvalue weighted by molar-refractivity contribution is 5.86. The first-order chi connectivity index (χ1) is 8.17. The van der Waals surface area contributed by atoms with Crippen molar-refractivity contribution in [3.05, 3.63) is 11.9 Å². The topological polar surface area (TPSA) is 83.0 Å². The highest BCUT2D eigenvalue weighted by Crippen LogP contribution is 2.06. The van der Waals surface area contributed by atoms with Gasteiger partial charge in [0.2, 0.25) is 0 Å². The Morgan fingerprint density at radius 3 is 3.06 bits per heavy atom. The van der Waals surface area contributed by atoms with E-state index in [-0.39, 0.29) is 5.69 Å². The molecule has 0 amide bonds. The van der Waals surface area contributed by atoms with Crippen LogP contribution in [0.25, 0.3) is 0 Å². The van der Waals surface area contributed by atoms with Crippen molar-refractivity contribution in [2.75, 3.05) is 13.2 Å². The molecule has 1 atom stereocenters. The summed E-state index contributed by atoms with van der Waals surface area (Å²) in [5, 5.41) is 7.52. The SMILES string of the molecule is CCCC(C)COC(=O)c1cn(CCN)nn1. The smallest absolute Gasteiger partial charge is 0.360 e. The molecular formula is C11H20N4O2. The van der Waals surface area contributed by atoms with Gasteiger partial charge in [0, 0.05) is 6.54 Å². The molecule has 0 radical (unpaired) electrons. The normalized spacial score (nSPS) is 12.4. The van der Waals surface area contributed by atoms with Gasteiger partial charge < -0.3 is 10.5 Å². The van der Waals surface area contributed by atoms with Crippen LogP contribution in [0, 0.1) is 5.92 Å². The second kappa shape index (κ2) is 7.01. The summed E-state index contributed by atoms with van der Waals surface area (Å²) in [6.45, 7) is 5.60. The Balaban J connectivity index is 2.40. The molecule has 1 unspecified atom stereocenters. The van der Waals surface area contributed by atoms with E-state index in [0.29, 0.717) is 25.6 Å². The fourth-order valence-electron chi connectivity index (χ4n) is 1.50. The number of ether oxygens (including phenoxy) is 1. The van der Waals surface area contributed by atoms with Crippen molar-refractivity contribution >= 4 is 5.97 Å². The van der Waals surface area contributed by atoms with Gasteiger partial charge >= 0.3 is 5.97 Å². The van der Waals surface area contributed by atoms with Gasteiger partial charge in [0.15, 0.2) is 5.69 Å². The Bertz CT molecular complexity index is 351. The maximum atomic E-state index is 11.6. The number of carbonyl (C=O) groups excluding carboxylic acids is 1. The maximum absolute atomic E-state index is 11.6. The lowest BCUT2D eigenvalue weighted by Gasteiger charge is -2.09. The number of esters is 1. The van der Waals surface area contributed by atoms with Crippen LogP contribution >= 0.6 is 0 Å². The first-order valence-corrected chi connectivity index (χ1v) is 5.94. The van der Waals surface area contributed by atoms with E-state index in [4.69, 9.17) is 10.5 Å². The molecule has 17 heavy (non-hydrogen) atoms. The number of rotatable bonds is 7. The molecule has 0 saturated heterocycles. The number of carbonyl (C=O) groups is 1. The zero-order valence-corrected chi connectivity index (χ0v) is 10.4. The monoisotopic (exact) mass is 240 g/mol. The van der Waals surface area contributed by atoms with Gasteiger partial charge in [-0.05, 0) is 12.3 Å². The van der Waals surface area contributed by atoms with E-state index in [1.807, 2.05) is 0 Å². The molecule has 0 spiro atoms. The minimum Gasteiger partial charge on any atom is -0.461 e. The Labute approximate surface area is 101 Å². The number of nitrogens with zero attached hydrogens (tertiary/aromatic N) is 3. The van der Waals surface area contributed by atoms with Crippen LogP contribution in [-0.4, -0.2) is 34.1 Å². The number of nitrogens with two attached hydrogens (primary N) is 1. The molecular weight excluding hydrogens is 220 g/mol. The zero-order chi connectivity index (χ0) is 12.7. The number of hydrogen-bond acceptors (Lipinski definition) is 5. The lowest BCUT2D eigenvalue weighted by atomic mass is 10.1.